The van der Waals surface area contributed by atoms with E-state index in [0.29, 0.717) is 42.3 Å². The highest BCUT2D eigenvalue weighted by atomic mass is 16.5. The van der Waals surface area contributed by atoms with Crippen molar-refractivity contribution < 1.29 is 28.7 Å². The maximum absolute atomic E-state index is 12.9. The molecule has 4 amide bonds. The second-order valence-electron chi connectivity index (χ2n) is 8.56. The van der Waals surface area contributed by atoms with Crippen LogP contribution in [-0.2, 0) is 27.5 Å². The summed E-state index contributed by atoms with van der Waals surface area (Å²) < 4.78 is 10.9. The molecule has 3 aliphatic heterocycles. The zero-order valence-corrected chi connectivity index (χ0v) is 18.1. The molecule has 2 aromatic rings. The van der Waals surface area contributed by atoms with Crippen molar-refractivity contribution in [1.82, 2.24) is 10.2 Å². The van der Waals surface area contributed by atoms with Gasteiger partial charge in [0.15, 0.2) is 0 Å². The van der Waals surface area contributed by atoms with Crippen molar-refractivity contribution >= 4 is 29.5 Å². The minimum atomic E-state index is -0.660. The van der Waals surface area contributed by atoms with Gasteiger partial charge in [-0.3, -0.25) is 25.0 Å². The van der Waals surface area contributed by atoms with Crippen LogP contribution in [0.25, 0.3) is 0 Å². The van der Waals surface area contributed by atoms with Crippen LogP contribution in [-0.4, -0.2) is 41.4 Å². The van der Waals surface area contributed by atoms with Crippen molar-refractivity contribution in [2.24, 2.45) is 0 Å². The minimum Gasteiger partial charge on any atom is -0.493 e. The number of nitrogens with one attached hydrogen (secondary N) is 2. The molecule has 2 aromatic carbocycles. The Labute approximate surface area is 190 Å². The van der Waals surface area contributed by atoms with Gasteiger partial charge in [0.1, 0.15) is 18.4 Å². The summed E-state index contributed by atoms with van der Waals surface area (Å²) in [6.45, 7) is 3.00. The van der Waals surface area contributed by atoms with Crippen LogP contribution in [0.4, 0.5) is 10.5 Å². The molecule has 3 aliphatic rings. The fourth-order valence-electron chi connectivity index (χ4n) is 4.44. The van der Waals surface area contributed by atoms with E-state index in [1.807, 2.05) is 12.1 Å². The smallest absolute Gasteiger partial charge is 0.411 e. The summed E-state index contributed by atoms with van der Waals surface area (Å²) in [6, 6.07) is 10.1. The predicted octanol–water partition coefficient (Wildman–Crippen LogP) is 2.69. The zero-order valence-electron chi connectivity index (χ0n) is 18.1. The number of fused-ring (bicyclic) bond motifs is 2. The van der Waals surface area contributed by atoms with Gasteiger partial charge >= 0.3 is 6.09 Å². The molecule has 0 saturated carbocycles. The number of amides is 4. The van der Waals surface area contributed by atoms with Gasteiger partial charge in [0, 0.05) is 41.8 Å². The number of carbonyl (C=O) groups is 4. The van der Waals surface area contributed by atoms with E-state index in [2.05, 4.69) is 17.6 Å². The first kappa shape index (κ1) is 21.0. The van der Waals surface area contributed by atoms with Crippen LogP contribution in [0.15, 0.2) is 36.4 Å². The number of nitrogens with zero attached hydrogens (tertiary/aromatic N) is 1. The second-order valence-corrected chi connectivity index (χ2v) is 8.56. The average molecular weight is 449 g/mol. The molecule has 1 saturated heterocycles. The van der Waals surface area contributed by atoms with E-state index in [4.69, 9.17) is 9.47 Å². The Bertz CT molecular complexity index is 1180. The molecular weight excluding hydrogens is 426 g/mol. The first-order valence-electron chi connectivity index (χ1n) is 10.9. The van der Waals surface area contributed by atoms with Gasteiger partial charge in [0.05, 0.1) is 6.61 Å². The predicted molar refractivity (Wildman–Crippen MR) is 117 cm³/mol. The van der Waals surface area contributed by atoms with E-state index < -0.39 is 18.0 Å². The number of hydrogen-bond acceptors (Lipinski definition) is 6. The van der Waals surface area contributed by atoms with Crippen molar-refractivity contribution in [2.45, 2.75) is 44.9 Å². The number of hydrogen-bond donors (Lipinski definition) is 2. The largest absolute Gasteiger partial charge is 0.493 e. The molecule has 33 heavy (non-hydrogen) atoms. The van der Waals surface area contributed by atoms with Gasteiger partial charge < -0.3 is 14.4 Å². The molecular formula is C24H23N3O6. The third kappa shape index (κ3) is 4.02. The highest BCUT2D eigenvalue weighted by Gasteiger charge is 2.39. The molecule has 3 heterocycles. The molecule has 0 bridgehead atoms. The highest BCUT2D eigenvalue weighted by Crippen LogP contribution is 2.35. The maximum Gasteiger partial charge on any atom is 0.411 e. The van der Waals surface area contributed by atoms with E-state index in [-0.39, 0.29) is 24.8 Å². The Balaban J connectivity index is 1.20. The molecule has 2 atom stereocenters. The summed E-state index contributed by atoms with van der Waals surface area (Å²) in [7, 11) is 0. The molecule has 9 nitrogen and oxygen atoms in total. The zero-order chi connectivity index (χ0) is 23.1. The Morgan fingerprint density at radius 3 is 2.88 bits per heavy atom. The molecule has 0 spiro atoms. The van der Waals surface area contributed by atoms with Crippen molar-refractivity contribution in [2.75, 3.05) is 11.9 Å². The first-order valence-corrected chi connectivity index (χ1v) is 10.9. The lowest BCUT2D eigenvalue weighted by atomic mass is 10.0. The van der Waals surface area contributed by atoms with Crippen molar-refractivity contribution in [3.8, 4) is 5.75 Å². The molecule has 2 N–H and O–H groups in total. The van der Waals surface area contributed by atoms with E-state index in [1.54, 1.807) is 24.3 Å². The monoisotopic (exact) mass is 449 g/mol. The molecule has 5 rings (SSSR count). The Hall–Kier alpha value is -3.88. The lowest BCUT2D eigenvalue weighted by Gasteiger charge is -2.29. The lowest BCUT2D eigenvalue weighted by molar-refractivity contribution is -0.136. The fraction of sp³-hybridized carbons (Fsp3) is 0.333. The molecule has 9 heteroatoms. The van der Waals surface area contributed by atoms with Crippen molar-refractivity contribution in [3.05, 3.63) is 58.7 Å². The number of anilines is 1. The van der Waals surface area contributed by atoms with Gasteiger partial charge in [-0.2, -0.15) is 0 Å². The van der Waals surface area contributed by atoms with Crippen LogP contribution in [0.5, 0.6) is 5.75 Å². The SMILES string of the molecule is CC1COc2cc(NC(=O)OCc3ccc4c(c3)C(=O)N(C3CCC(=O)NC3=O)C4)ccc21. The third-order valence-electron chi connectivity index (χ3n) is 6.24. The third-order valence-corrected chi connectivity index (χ3v) is 6.24. The summed E-state index contributed by atoms with van der Waals surface area (Å²) in [5.41, 5.74) is 3.63. The first-order chi connectivity index (χ1) is 15.9. The molecule has 2 unspecified atom stereocenters. The Kier molecular flexibility index (Phi) is 5.24. The van der Waals surface area contributed by atoms with E-state index >= 15 is 0 Å². The summed E-state index contributed by atoms with van der Waals surface area (Å²) >= 11 is 0. The summed E-state index contributed by atoms with van der Waals surface area (Å²) in [6.07, 6.45) is -0.0919. The normalized spacial score (nSPS) is 21.2. The second kappa shape index (κ2) is 8.23. The van der Waals surface area contributed by atoms with Crippen LogP contribution >= 0.6 is 0 Å². The number of piperidine rings is 1. The summed E-state index contributed by atoms with van der Waals surface area (Å²) in [4.78, 5) is 50.2. The molecule has 0 aliphatic carbocycles. The van der Waals surface area contributed by atoms with Gasteiger partial charge in [0.25, 0.3) is 5.91 Å². The van der Waals surface area contributed by atoms with Crippen LogP contribution < -0.4 is 15.4 Å². The number of carbonyl (C=O) groups excluding carboxylic acids is 4. The van der Waals surface area contributed by atoms with Crippen molar-refractivity contribution in [3.63, 3.8) is 0 Å². The minimum absolute atomic E-state index is 0.0106. The van der Waals surface area contributed by atoms with E-state index in [0.717, 1.165) is 16.9 Å². The molecule has 170 valence electrons. The number of rotatable bonds is 4. The number of imide groups is 1. The maximum atomic E-state index is 12.9. The number of benzene rings is 2. The number of ether oxygens (including phenoxy) is 2. The van der Waals surface area contributed by atoms with E-state index in [9.17, 15) is 19.2 Å². The molecule has 1 fully saturated rings. The van der Waals surface area contributed by atoms with Crippen LogP contribution in [0, 0.1) is 0 Å². The summed E-state index contributed by atoms with van der Waals surface area (Å²) in [5.74, 6) is 0.0600. The standard InChI is InChI=1S/C24H23N3O6/c1-13-11-32-20-9-16(4-5-17(13)20)25-24(31)33-12-14-2-3-15-10-27(23(30)18(15)8-14)19-6-7-21(28)26-22(19)29/h2-5,8-9,13,19H,6-7,10-12H2,1H3,(H,25,31)(H,26,28,29). The topological polar surface area (TPSA) is 114 Å². The quantitative estimate of drug-likeness (QED) is 0.694. The molecule has 0 aromatic heterocycles. The Morgan fingerprint density at radius 1 is 1.21 bits per heavy atom. The molecule has 0 radical (unpaired) electrons. The summed E-state index contributed by atoms with van der Waals surface area (Å²) in [5, 5.41) is 4.98. The van der Waals surface area contributed by atoms with Gasteiger partial charge in [-0.1, -0.05) is 25.1 Å². The highest BCUT2D eigenvalue weighted by molar-refractivity contribution is 6.05. The Morgan fingerprint density at radius 2 is 2.06 bits per heavy atom. The fourth-order valence-corrected chi connectivity index (χ4v) is 4.44. The van der Waals surface area contributed by atoms with Gasteiger partial charge in [0.2, 0.25) is 11.8 Å². The van der Waals surface area contributed by atoms with Crippen LogP contribution in [0.2, 0.25) is 0 Å². The van der Waals surface area contributed by atoms with Crippen LogP contribution in [0.3, 0.4) is 0 Å². The van der Waals surface area contributed by atoms with Gasteiger partial charge in [-0.05, 0) is 29.7 Å². The van der Waals surface area contributed by atoms with Crippen LogP contribution in [0.1, 0.15) is 52.7 Å². The lowest BCUT2D eigenvalue weighted by Crippen LogP contribution is -2.52. The average Bonchev–Trinajstić information content (AvgIpc) is 3.32. The van der Waals surface area contributed by atoms with Gasteiger partial charge in [-0.25, -0.2) is 4.79 Å². The van der Waals surface area contributed by atoms with Gasteiger partial charge in [-0.15, -0.1) is 0 Å². The van der Waals surface area contributed by atoms with E-state index in [1.165, 1.54) is 4.90 Å². The van der Waals surface area contributed by atoms with Crippen molar-refractivity contribution in [1.29, 1.82) is 0 Å².